The summed E-state index contributed by atoms with van der Waals surface area (Å²) in [5.74, 6) is 1.37. The van der Waals surface area contributed by atoms with Gasteiger partial charge in [-0.1, -0.05) is 0 Å². The molecule has 25 heavy (non-hydrogen) atoms. The molecule has 0 bridgehead atoms. The molecule has 0 aliphatic carbocycles. The topological polar surface area (TPSA) is 19.0 Å². The van der Waals surface area contributed by atoms with Crippen molar-refractivity contribution in [2.75, 3.05) is 53.4 Å². The maximum absolute atomic E-state index is 13.6. The number of ether oxygens (including phenoxy) is 1. The van der Waals surface area contributed by atoms with E-state index in [9.17, 15) is 4.39 Å². The summed E-state index contributed by atoms with van der Waals surface area (Å²) in [7, 11) is 3.86. The standard InChI is InChI=1S/C20H32FN3O/c1-16(24-12-10-22(2)11-13-24)17-6-8-23(9-7-17)15-18-14-19(21)4-5-20(18)25-3/h4-5,14,16-17H,6-13,15H2,1-3H3. The fourth-order valence-corrected chi connectivity index (χ4v) is 4.23. The third-order valence-corrected chi connectivity index (χ3v) is 6.06. The van der Waals surface area contributed by atoms with E-state index in [0.29, 0.717) is 6.04 Å². The van der Waals surface area contributed by atoms with Gasteiger partial charge in [0.15, 0.2) is 0 Å². The second kappa shape index (κ2) is 8.47. The second-order valence-electron chi connectivity index (χ2n) is 7.65. The molecule has 2 aliphatic rings. The van der Waals surface area contributed by atoms with E-state index >= 15 is 0 Å². The van der Waals surface area contributed by atoms with Crippen LogP contribution in [0.3, 0.4) is 0 Å². The summed E-state index contributed by atoms with van der Waals surface area (Å²) in [6.45, 7) is 10.1. The van der Waals surface area contributed by atoms with Crippen molar-refractivity contribution in [3.63, 3.8) is 0 Å². The van der Waals surface area contributed by atoms with Gasteiger partial charge in [-0.05, 0) is 64.0 Å². The summed E-state index contributed by atoms with van der Waals surface area (Å²) < 4.78 is 18.9. The van der Waals surface area contributed by atoms with E-state index in [2.05, 4.69) is 28.7 Å². The van der Waals surface area contributed by atoms with Crippen LogP contribution in [-0.4, -0.2) is 74.2 Å². The highest BCUT2D eigenvalue weighted by atomic mass is 19.1. The average Bonchev–Trinajstić information content (AvgIpc) is 2.63. The highest BCUT2D eigenvalue weighted by Crippen LogP contribution is 2.27. The Hall–Kier alpha value is -1.17. The highest BCUT2D eigenvalue weighted by Gasteiger charge is 2.29. The fourth-order valence-electron chi connectivity index (χ4n) is 4.23. The molecule has 3 rings (SSSR count). The molecule has 0 amide bonds. The Bertz CT molecular complexity index is 552. The summed E-state index contributed by atoms with van der Waals surface area (Å²) in [4.78, 5) is 7.51. The van der Waals surface area contributed by atoms with Crippen molar-refractivity contribution in [2.24, 2.45) is 5.92 Å². The predicted octanol–water partition coefficient (Wildman–Crippen LogP) is 2.68. The Morgan fingerprint density at radius 3 is 2.44 bits per heavy atom. The smallest absolute Gasteiger partial charge is 0.123 e. The third kappa shape index (κ3) is 4.72. The largest absolute Gasteiger partial charge is 0.496 e. The summed E-state index contributed by atoms with van der Waals surface area (Å²) in [6, 6.07) is 5.47. The first-order valence-corrected chi connectivity index (χ1v) is 9.54. The van der Waals surface area contributed by atoms with Gasteiger partial charge in [0.25, 0.3) is 0 Å². The van der Waals surface area contributed by atoms with Crippen molar-refractivity contribution in [1.29, 1.82) is 0 Å². The first kappa shape index (κ1) is 18.6. The molecule has 0 aromatic heterocycles. The minimum Gasteiger partial charge on any atom is -0.496 e. The van der Waals surface area contributed by atoms with Gasteiger partial charge in [0.05, 0.1) is 7.11 Å². The Kier molecular flexibility index (Phi) is 6.31. The summed E-state index contributed by atoms with van der Waals surface area (Å²) in [5, 5.41) is 0. The molecule has 1 aromatic rings. The molecule has 1 atom stereocenters. The number of methoxy groups -OCH3 is 1. The Morgan fingerprint density at radius 1 is 1.12 bits per heavy atom. The van der Waals surface area contributed by atoms with Crippen molar-refractivity contribution < 1.29 is 9.13 Å². The molecule has 2 fully saturated rings. The van der Waals surface area contributed by atoms with Gasteiger partial charge in [-0.2, -0.15) is 0 Å². The predicted molar refractivity (Wildman–Crippen MR) is 99.5 cm³/mol. The molecule has 0 radical (unpaired) electrons. The van der Waals surface area contributed by atoms with Crippen molar-refractivity contribution in [3.8, 4) is 5.75 Å². The van der Waals surface area contributed by atoms with Gasteiger partial charge in [0.2, 0.25) is 0 Å². The lowest BCUT2D eigenvalue weighted by Crippen LogP contribution is -2.51. The van der Waals surface area contributed by atoms with Crippen LogP contribution in [-0.2, 0) is 6.54 Å². The molecule has 1 unspecified atom stereocenters. The third-order valence-electron chi connectivity index (χ3n) is 6.06. The quantitative estimate of drug-likeness (QED) is 0.813. The van der Waals surface area contributed by atoms with Crippen LogP contribution in [0.2, 0.25) is 0 Å². The van der Waals surface area contributed by atoms with Crippen molar-refractivity contribution in [1.82, 2.24) is 14.7 Å². The summed E-state index contributed by atoms with van der Waals surface area (Å²) in [5.41, 5.74) is 0.952. The average molecular weight is 349 g/mol. The number of likely N-dealkylation sites (N-methyl/N-ethyl adjacent to an activating group) is 1. The number of rotatable bonds is 5. The van der Waals surface area contributed by atoms with E-state index in [1.807, 2.05) is 0 Å². The zero-order chi connectivity index (χ0) is 17.8. The van der Waals surface area contributed by atoms with Crippen LogP contribution in [0.5, 0.6) is 5.75 Å². The lowest BCUT2D eigenvalue weighted by Gasteiger charge is -2.42. The van der Waals surface area contributed by atoms with Gasteiger partial charge < -0.3 is 9.64 Å². The Morgan fingerprint density at radius 2 is 1.80 bits per heavy atom. The number of likely N-dealkylation sites (tertiary alicyclic amines) is 1. The van der Waals surface area contributed by atoms with E-state index in [1.54, 1.807) is 19.2 Å². The number of piperazine rings is 1. The van der Waals surface area contributed by atoms with Crippen LogP contribution in [0.15, 0.2) is 18.2 Å². The zero-order valence-electron chi connectivity index (χ0n) is 15.9. The first-order valence-electron chi connectivity index (χ1n) is 9.54. The van der Waals surface area contributed by atoms with Crippen molar-refractivity contribution >= 4 is 0 Å². The monoisotopic (exact) mass is 349 g/mol. The lowest BCUT2D eigenvalue weighted by atomic mass is 9.89. The maximum atomic E-state index is 13.6. The van der Waals surface area contributed by atoms with Crippen LogP contribution in [0.1, 0.15) is 25.3 Å². The van der Waals surface area contributed by atoms with Gasteiger partial charge in [0.1, 0.15) is 11.6 Å². The molecule has 4 nitrogen and oxygen atoms in total. The summed E-state index contributed by atoms with van der Waals surface area (Å²) in [6.07, 6.45) is 2.45. The number of hydrogen-bond donors (Lipinski definition) is 0. The number of nitrogens with zero attached hydrogens (tertiary/aromatic N) is 3. The Balaban J connectivity index is 1.51. The summed E-state index contributed by atoms with van der Waals surface area (Å²) >= 11 is 0. The highest BCUT2D eigenvalue weighted by molar-refractivity contribution is 5.33. The number of piperidine rings is 1. The molecule has 0 spiro atoms. The molecular weight excluding hydrogens is 317 g/mol. The van der Waals surface area contributed by atoms with Gasteiger partial charge >= 0.3 is 0 Å². The molecule has 0 N–H and O–H groups in total. The zero-order valence-corrected chi connectivity index (χ0v) is 15.9. The van der Waals surface area contributed by atoms with E-state index in [-0.39, 0.29) is 5.82 Å². The molecule has 0 saturated carbocycles. The maximum Gasteiger partial charge on any atom is 0.123 e. The first-order chi connectivity index (χ1) is 12.1. The second-order valence-corrected chi connectivity index (χ2v) is 7.65. The molecule has 2 saturated heterocycles. The van der Waals surface area contributed by atoms with E-state index < -0.39 is 0 Å². The van der Waals surface area contributed by atoms with Gasteiger partial charge in [-0.15, -0.1) is 0 Å². The molecule has 140 valence electrons. The minimum atomic E-state index is -0.186. The van der Waals surface area contributed by atoms with Gasteiger partial charge in [-0.25, -0.2) is 4.39 Å². The number of benzene rings is 1. The fraction of sp³-hybridized carbons (Fsp3) is 0.700. The normalized spacial score (nSPS) is 22.9. The molecule has 5 heteroatoms. The van der Waals surface area contributed by atoms with Crippen LogP contribution < -0.4 is 4.74 Å². The van der Waals surface area contributed by atoms with Crippen molar-refractivity contribution in [3.05, 3.63) is 29.6 Å². The van der Waals surface area contributed by atoms with Crippen LogP contribution >= 0.6 is 0 Å². The molecule has 2 aliphatic heterocycles. The Labute approximate surface area is 151 Å². The minimum absolute atomic E-state index is 0.186. The molecule has 2 heterocycles. The van der Waals surface area contributed by atoms with Gasteiger partial charge in [0, 0.05) is 44.3 Å². The van der Waals surface area contributed by atoms with E-state index in [0.717, 1.165) is 36.9 Å². The lowest BCUT2D eigenvalue weighted by molar-refractivity contribution is 0.0596. The van der Waals surface area contributed by atoms with E-state index in [4.69, 9.17) is 4.74 Å². The van der Waals surface area contributed by atoms with Crippen LogP contribution in [0, 0.1) is 11.7 Å². The number of hydrogen-bond acceptors (Lipinski definition) is 4. The van der Waals surface area contributed by atoms with Crippen LogP contribution in [0.4, 0.5) is 4.39 Å². The number of halogens is 1. The van der Waals surface area contributed by atoms with E-state index in [1.165, 1.54) is 45.1 Å². The molecule has 1 aromatic carbocycles. The SMILES string of the molecule is COc1ccc(F)cc1CN1CCC(C(C)N2CCN(C)CC2)CC1. The van der Waals surface area contributed by atoms with Crippen molar-refractivity contribution in [2.45, 2.75) is 32.4 Å². The van der Waals surface area contributed by atoms with Crippen LogP contribution in [0.25, 0.3) is 0 Å². The van der Waals surface area contributed by atoms with Gasteiger partial charge in [-0.3, -0.25) is 9.80 Å². The molecular formula is C20H32FN3O.